The zero-order valence-corrected chi connectivity index (χ0v) is 10.0. The average Bonchev–Trinajstić information content (AvgIpc) is 3.10. The van der Waals surface area contributed by atoms with E-state index < -0.39 is 0 Å². The smallest absolute Gasteiger partial charge is 0.242 e. The summed E-state index contributed by atoms with van der Waals surface area (Å²) in [7, 11) is 0. The van der Waals surface area contributed by atoms with Crippen molar-refractivity contribution in [1.82, 2.24) is 10.2 Å². The van der Waals surface area contributed by atoms with Gasteiger partial charge in [-0.2, -0.15) is 0 Å². The molecule has 90 valence electrons. The maximum atomic E-state index is 12.2. The molecule has 2 rings (SSSR count). The molecule has 2 aliphatic rings. The summed E-state index contributed by atoms with van der Waals surface area (Å²) in [5, 5.41) is 2.82. The van der Waals surface area contributed by atoms with Gasteiger partial charge in [0.2, 0.25) is 11.8 Å². The van der Waals surface area contributed by atoms with Crippen LogP contribution < -0.4 is 5.32 Å². The highest BCUT2D eigenvalue weighted by atomic mass is 16.2. The van der Waals surface area contributed by atoms with Gasteiger partial charge >= 0.3 is 0 Å². The Balaban J connectivity index is 2.05. The molecule has 4 nitrogen and oxygen atoms in total. The summed E-state index contributed by atoms with van der Waals surface area (Å²) in [6, 6.07) is -0.248. The number of hydrogen-bond acceptors (Lipinski definition) is 2. The van der Waals surface area contributed by atoms with E-state index in [-0.39, 0.29) is 23.8 Å². The van der Waals surface area contributed by atoms with Crippen molar-refractivity contribution in [1.29, 1.82) is 0 Å². The highest BCUT2D eigenvalue weighted by molar-refractivity contribution is 5.89. The van der Waals surface area contributed by atoms with E-state index in [1.54, 1.807) is 4.90 Å². The first-order chi connectivity index (χ1) is 7.65. The molecular weight excluding hydrogens is 204 g/mol. The topological polar surface area (TPSA) is 49.4 Å². The normalized spacial score (nSPS) is 27.5. The second kappa shape index (κ2) is 4.44. The predicted octanol–water partition coefficient (Wildman–Crippen LogP) is 0.769. The van der Waals surface area contributed by atoms with Gasteiger partial charge in [-0.25, -0.2) is 0 Å². The van der Waals surface area contributed by atoms with Gasteiger partial charge in [0.25, 0.3) is 0 Å². The number of piperazine rings is 1. The Labute approximate surface area is 96.4 Å². The van der Waals surface area contributed by atoms with Gasteiger partial charge in [0.15, 0.2) is 0 Å². The number of hydrogen-bond donors (Lipinski definition) is 1. The lowest BCUT2D eigenvalue weighted by molar-refractivity contribution is -0.146. The monoisotopic (exact) mass is 224 g/mol. The minimum absolute atomic E-state index is 0.00472. The lowest BCUT2D eigenvalue weighted by Gasteiger charge is -2.36. The maximum Gasteiger partial charge on any atom is 0.242 e. The molecule has 16 heavy (non-hydrogen) atoms. The molecule has 2 atom stereocenters. The molecule has 1 heterocycles. The lowest BCUT2D eigenvalue weighted by Crippen LogP contribution is -2.58. The fourth-order valence-corrected chi connectivity index (χ4v) is 2.44. The SMILES string of the molecule is CCC1C(=O)NCCN1C(=O)C(C)C1CC1. The maximum absolute atomic E-state index is 12.2. The summed E-state index contributed by atoms with van der Waals surface area (Å²) in [5.41, 5.74) is 0. The molecule has 1 aliphatic heterocycles. The van der Waals surface area contributed by atoms with E-state index in [9.17, 15) is 9.59 Å². The highest BCUT2D eigenvalue weighted by Crippen LogP contribution is 2.37. The Bertz CT molecular complexity index is 299. The summed E-state index contributed by atoms with van der Waals surface area (Å²) in [6.45, 7) is 5.22. The van der Waals surface area contributed by atoms with Crippen LogP contribution in [0.4, 0.5) is 0 Å². The van der Waals surface area contributed by atoms with Crippen LogP contribution in [0, 0.1) is 11.8 Å². The van der Waals surface area contributed by atoms with Crippen molar-refractivity contribution in [2.24, 2.45) is 11.8 Å². The lowest BCUT2D eigenvalue weighted by atomic mass is 10.0. The fourth-order valence-electron chi connectivity index (χ4n) is 2.44. The van der Waals surface area contributed by atoms with E-state index in [4.69, 9.17) is 0 Å². The Morgan fingerprint density at radius 1 is 1.56 bits per heavy atom. The summed E-state index contributed by atoms with van der Waals surface area (Å²) < 4.78 is 0. The molecule has 1 N–H and O–H groups in total. The number of carbonyl (C=O) groups is 2. The summed E-state index contributed by atoms with van der Waals surface area (Å²) in [6.07, 6.45) is 3.04. The molecule has 2 unspecified atom stereocenters. The van der Waals surface area contributed by atoms with Gasteiger partial charge < -0.3 is 10.2 Å². The summed E-state index contributed by atoms with van der Waals surface area (Å²) in [5.74, 6) is 0.837. The van der Waals surface area contributed by atoms with Crippen LogP contribution in [0.1, 0.15) is 33.1 Å². The second-order valence-electron chi connectivity index (χ2n) is 4.87. The molecule has 2 amide bonds. The zero-order chi connectivity index (χ0) is 11.7. The molecule has 1 aliphatic carbocycles. The van der Waals surface area contributed by atoms with Gasteiger partial charge in [0.1, 0.15) is 6.04 Å². The number of nitrogens with zero attached hydrogens (tertiary/aromatic N) is 1. The molecule has 2 fully saturated rings. The molecular formula is C12H20N2O2. The van der Waals surface area contributed by atoms with E-state index in [1.807, 2.05) is 13.8 Å². The quantitative estimate of drug-likeness (QED) is 0.769. The van der Waals surface area contributed by atoms with Crippen LogP contribution >= 0.6 is 0 Å². The number of rotatable bonds is 3. The van der Waals surface area contributed by atoms with Crippen LogP contribution in [0.2, 0.25) is 0 Å². The number of nitrogens with one attached hydrogen (secondary N) is 1. The Morgan fingerprint density at radius 2 is 2.25 bits per heavy atom. The first-order valence-corrected chi connectivity index (χ1v) is 6.23. The number of amides is 2. The predicted molar refractivity (Wildman–Crippen MR) is 60.7 cm³/mol. The molecule has 0 radical (unpaired) electrons. The first kappa shape index (κ1) is 11.4. The van der Waals surface area contributed by atoms with Gasteiger partial charge in [-0.15, -0.1) is 0 Å². The molecule has 0 aromatic rings. The van der Waals surface area contributed by atoms with Crippen LogP contribution in [0.15, 0.2) is 0 Å². The van der Waals surface area contributed by atoms with Gasteiger partial charge in [0.05, 0.1) is 0 Å². The molecule has 1 saturated heterocycles. The van der Waals surface area contributed by atoms with Crippen LogP contribution in [0.3, 0.4) is 0 Å². The minimum atomic E-state index is -0.248. The number of carbonyl (C=O) groups excluding carboxylic acids is 2. The third-order valence-corrected chi connectivity index (χ3v) is 3.72. The van der Waals surface area contributed by atoms with Crippen molar-refractivity contribution in [2.75, 3.05) is 13.1 Å². The minimum Gasteiger partial charge on any atom is -0.353 e. The van der Waals surface area contributed by atoms with Crippen molar-refractivity contribution in [3.8, 4) is 0 Å². The van der Waals surface area contributed by atoms with Gasteiger partial charge in [0, 0.05) is 19.0 Å². The van der Waals surface area contributed by atoms with Crippen LogP contribution in [-0.2, 0) is 9.59 Å². The van der Waals surface area contributed by atoms with Crippen LogP contribution in [0.5, 0.6) is 0 Å². The molecule has 0 aromatic carbocycles. The van der Waals surface area contributed by atoms with Crippen molar-refractivity contribution >= 4 is 11.8 Å². The van der Waals surface area contributed by atoms with Crippen LogP contribution in [-0.4, -0.2) is 35.8 Å². The summed E-state index contributed by atoms with van der Waals surface area (Å²) in [4.78, 5) is 25.7. The zero-order valence-electron chi connectivity index (χ0n) is 10.0. The van der Waals surface area contributed by atoms with E-state index in [2.05, 4.69) is 5.32 Å². The average molecular weight is 224 g/mol. The van der Waals surface area contributed by atoms with Crippen LogP contribution in [0.25, 0.3) is 0 Å². The molecule has 0 spiro atoms. The van der Waals surface area contributed by atoms with Gasteiger partial charge in [-0.05, 0) is 25.2 Å². The molecule has 1 saturated carbocycles. The standard InChI is InChI=1S/C12H20N2O2/c1-3-10-11(15)13-6-7-14(10)12(16)8(2)9-4-5-9/h8-10H,3-7H2,1-2H3,(H,13,15). The highest BCUT2D eigenvalue weighted by Gasteiger charge is 2.39. The fraction of sp³-hybridized carbons (Fsp3) is 0.833. The van der Waals surface area contributed by atoms with Gasteiger partial charge in [-0.3, -0.25) is 9.59 Å². The Morgan fingerprint density at radius 3 is 2.81 bits per heavy atom. The van der Waals surface area contributed by atoms with Crippen molar-refractivity contribution in [3.05, 3.63) is 0 Å². The summed E-state index contributed by atoms with van der Waals surface area (Å²) >= 11 is 0. The first-order valence-electron chi connectivity index (χ1n) is 6.23. The van der Waals surface area contributed by atoms with E-state index in [1.165, 1.54) is 12.8 Å². The van der Waals surface area contributed by atoms with Crippen molar-refractivity contribution in [2.45, 2.75) is 39.2 Å². The Hall–Kier alpha value is -1.06. The van der Waals surface area contributed by atoms with Gasteiger partial charge in [-0.1, -0.05) is 13.8 Å². The molecule has 0 aromatic heterocycles. The third-order valence-electron chi connectivity index (χ3n) is 3.72. The third kappa shape index (κ3) is 2.06. The Kier molecular flexibility index (Phi) is 3.17. The van der Waals surface area contributed by atoms with E-state index >= 15 is 0 Å². The van der Waals surface area contributed by atoms with E-state index in [0.717, 1.165) is 0 Å². The largest absolute Gasteiger partial charge is 0.353 e. The second-order valence-corrected chi connectivity index (χ2v) is 4.87. The van der Waals surface area contributed by atoms with E-state index in [0.29, 0.717) is 25.4 Å². The molecule has 4 heteroatoms. The van der Waals surface area contributed by atoms with Crippen molar-refractivity contribution < 1.29 is 9.59 Å². The van der Waals surface area contributed by atoms with Crippen molar-refractivity contribution in [3.63, 3.8) is 0 Å². The molecule has 0 bridgehead atoms.